The quantitative estimate of drug-likeness (QED) is 0.441. The van der Waals surface area contributed by atoms with Gasteiger partial charge in [-0.3, -0.25) is 4.99 Å². The minimum atomic E-state index is 0. The lowest BCUT2D eigenvalue weighted by molar-refractivity contribution is 0.390. The van der Waals surface area contributed by atoms with Crippen molar-refractivity contribution in [2.75, 3.05) is 47.9 Å². The fraction of sp³-hybridized carbons (Fsp3) is 0.588. The number of likely N-dealkylation sites (tertiary alicyclic amines) is 1. The van der Waals surface area contributed by atoms with Crippen LogP contribution in [-0.4, -0.2) is 63.6 Å². The number of nitrogens with one attached hydrogen (secondary N) is 1. The molecule has 1 atom stereocenters. The van der Waals surface area contributed by atoms with Gasteiger partial charge in [-0.1, -0.05) is 12.1 Å². The molecule has 1 fully saturated rings. The first-order valence-corrected chi connectivity index (χ1v) is 7.85. The largest absolute Gasteiger partial charge is 0.497 e. The molecule has 0 saturated carbocycles. The number of hydrogen-bond donors (Lipinski definition) is 1. The lowest BCUT2D eigenvalue weighted by Gasteiger charge is -2.23. The highest BCUT2D eigenvalue weighted by molar-refractivity contribution is 14.0. The Morgan fingerprint density at radius 3 is 2.61 bits per heavy atom. The van der Waals surface area contributed by atoms with Crippen molar-refractivity contribution in [2.24, 2.45) is 10.9 Å². The first kappa shape index (κ1) is 20.0. The number of benzene rings is 1. The lowest BCUT2D eigenvalue weighted by Crippen LogP contribution is -2.41. The molecular formula is C17H29IN4O. The summed E-state index contributed by atoms with van der Waals surface area (Å²) in [5.41, 5.74) is 1.24. The molecule has 1 aliphatic heterocycles. The molecule has 6 heteroatoms. The molecule has 1 unspecified atom stereocenters. The van der Waals surface area contributed by atoms with Gasteiger partial charge in [0, 0.05) is 33.7 Å². The van der Waals surface area contributed by atoms with E-state index in [-0.39, 0.29) is 24.0 Å². The van der Waals surface area contributed by atoms with Gasteiger partial charge in [-0.05, 0) is 43.6 Å². The van der Waals surface area contributed by atoms with Crippen molar-refractivity contribution in [3.63, 3.8) is 0 Å². The number of halogens is 1. The van der Waals surface area contributed by atoms with Crippen LogP contribution in [0.15, 0.2) is 29.3 Å². The van der Waals surface area contributed by atoms with Crippen LogP contribution < -0.4 is 10.1 Å². The van der Waals surface area contributed by atoms with Crippen LogP contribution in [-0.2, 0) is 6.54 Å². The zero-order chi connectivity index (χ0) is 15.9. The second-order valence-corrected chi connectivity index (χ2v) is 6.05. The summed E-state index contributed by atoms with van der Waals surface area (Å²) in [5.74, 6) is 2.56. The van der Waals surface area contributed by atoms with Gasteiger partial charge < -0.3 is 19.9 Å². The molecule has 0 aromatic heterocycles. The van der Waals surface area contributed by atoms with E-state index in [1.54, 1.807) is 7.11 Å². The van der Waals surface area contributed by atoms with Gasteiger partial charge in [0.05, 0.1) is 7.11 Å². The third-order valence-electron chi connectivity index (χ3n) is 4.19. The Labute approximate surface area is 157 Å². The molecule has 0 bridgehead atoms. The van der Waals surface area contributed by atoms with Crippen molar-refractivity contribution in [1.82, 2.24) is 15.1 Å². The van der Waals surface area contributed by atoms with Crippen molar-refractivity contribution in [2.45, 2.75) is 13.0 Å². The molecule has 1 N–H and O–H groups in total. The summed E-state index contributed by atoms with van der Waals surface area (Å²) < 4.78 is 5.19. The van der Waals surface area contributed by atoms with Crippen LogP contribution in [0.25, 0.3) is 0 Å². The van der Waals surface area contributed by atoms with Gasteiger partial charge >= 0.3 is 0 Å². The zero-order valence-electron chi connectivity index (χ0n) is 14.6. The molecule has 5 nitrogen and oxygen atoms in total. The SMILES string of the molecule is CN=C(NCC1CCN(C)C1)N(C)Cc1ccc(OC)cc1.I. The fourth-order valence-electron chi connectivity index (χ4n) is 2.89. The van der Waals surface area contributed by atoms with Crippen molar-refractivity contribution in [1.29, 1.82) is 0 Å². The van der Waals surface area contributed by atoms with Gasteiger partial charge in [0.25, 0.3) is 0 Å². The van der Waals surface area contributed by atoms with Crippen molar-refractivity contribution >= 4 is 29.9 Å². The van der Waals surface area contributed by atoms with E-state index in [4.69, 9.17) is 4.74 Å². The first-order chi connectivity index (χ1) is 10.6. The maximum atomic E-state index is 5.19. The highest BCUT2D eigenvalue weighted by Crippen LogP contribution is 2.14. The molecule has 1 saturated heterocycles. The maximum Gasteiger partial charge on any atom is 0.193 e. The van der Waals surface area contributed by atoms with Crippen LogP contribution in [0, 0.1) is 5.92 Å². The standard InChI is InChI=1S/C17H28N4O.HI/c1-18-17(19-11-15-9-10-20(2)12-15)21(3)13-14-5-7-16(22-4)8-6-14;/h5-8,15H,9-13H2,1-4H3,(H,18,19);1H. The summed E-state index contributed by atoms with van der Waals surface area (Å²) >= 11 is 0. The number of nitrogens with zero attached hydrogens (tertiary/aromatic N) is 3. The molecule has 1 aromatic carbocycles. The lowest BCUT2D eigenvalue weighted by atomic mass is 10.1. The summed E-state index contributed by atoms with van der Waals surface area (Å²) in [7, 11) is 7.78. The van der Waals surface area contributed by atoms with Crippen LogP contribution in [0.3, 0.4) is 0 Å². The van der Waals surface area contributed by atoms with E-state index in [9.17, 15) is 0 Å². The average Bonchev–Trinajstić information content (AvgIpc) is 2.94. The molecular weight excluding hydrogens is 403 g/mol. The van der Waals surface area contributed by atoms with E-state index in [1.165, 1.54) is 25.1 Å². The third kappa shape index (κ3) is 6.18. The Morgan fingerprint density at radius 1 is 1.39 bits per heavy atom. The Hall–Kier alpha value is -1.02. The van der Waals surface area contributed by atoms with E-state index in [1.807, 2.05) is 19.2 Å². The van der Waals surface area contributed by atoms with Gasteiger partial charge in [-0.2, -0.15) is 0 Å². The number of ether oxygens (including phenoxy) is 1. The predicted molar refractivity (Wildman–Crippen MR) is 107 cm³/mol. The monoisotopic (exact) mass is 432 g/mol. The topological polar surface area (TPSA) is 40.1 Å². The third-order valence-corrected chi connectivity index (χ3v) is 4.19. The van der Waals surface area contributed by atoms with Gasteiger partial charge in [-0.25, -0.2) is 0 Å². The molecule has 2 rings (SSSR count). The van der Waals surface area contributed by atoms with Crippen LogP contribution in [0.4, 0.5) is 0 Å². The molecule has 0 spiro atoms. The molecule has 0 radical (unpaired) electrons. The average molecular weight is 432 g/mol. The number of methoxy groups -OCH3 is 1. The van der Waals surface area contributed by atoms with E-state index in [0.717, 1.165) is 30.7 Å². The summed E-state index contributed by atoms with van der Waals surface area (Å²) in [5, 5.41) is 3.50. The predicted octanol–water partition coefficient (Wildman–Crippen LogP) is 2.27. The highest BCUT2D eigenvalue weighted by Gasteiger charge is 2.19. The van der Waals surface area contributed by atoms with Crippen molar-refractivity contribution < 1.29 is 4.74 Å². The van der Waals surface area contributed by atoms with Crippen molar-refractivity contribution in [3.05, 3.63) is 29.8 Å². The minimum absolute atomic E-state index is 0. The van der Waals surface area contributed by atoms with E-state index >= 15 is 0 Å². The normalized spacial score (nSPS) is 18.4. The fourth-order valence-corrected chi connectivity index (χ4v) is 2.89. The van der Waals surface area contributed by atoms with Crippen LogP contribution in [0.5, 0.6) is 5.75 Å². The molecule has 0 amide bonds. The molecule has 130 valence electrons. The van der Waals surface area contributed by atoms with Gasteiger partial charge in [-0.15, -0.1) is 24.0 Å². The van der Waals surface area contributed by atoms with Gasteiger partial charge in [0.2, 0.25) is 0 Å². The van der Waals surface area contributed by atoms with Crippen LogP contribution >= 0.6 is 24.0 Å². The smallest absolute Gasteiger partial charge is 0.193 e. The molecule has 1 aliphatic rings. The van der Waals surface area contributed by atoms with Crippen molar-refractivity contribution in [3.8, 4) is 5.75 Å². The molecule has 1 aromatic rings. The summed E-state index contributed by atoms with van der Waals surface area (Å²) in [4.78, 5) is 8.93. The summed E-state index contributed by atoms with van der Waals surface area (Å²) in [6.45, 7) is 4.19. The Kier molecular flexibility index (Phi) is 8.68. The molecule has 23 heavy (non-hydrogen) atoms. The van der Waals surface area contributed by atoms with E-state index in [0.29, 0.717) is 0 Å². The van der Waals surface area contributed by atoms with E-state index in [2.05, 4.69) is 46.3 Å². The first-order valence-electron chi connectivity index (χ1n) is 7.85. The maximum absolute atomic E-state index is 5.19. The number of guanidine groups is 1. The second kappa shape index (κ2) is 9.97. The van der Waals surface area contributed by atoms with Gasteiger partial charge in [0.1, 0.15) is 5.75 Å². The van der Waals surface area contributed by atoms with E-state index < -0.39 is 0 Å². The highest BCUT2D eigenvalue weighted by atomic mass is 127. The Morgan fingerprint density at radius 2 is 2.09 bits per heavy atom. The number of aliphatic imine (C=N–C) groups is 1. The van der Waals surface area contributed by atoms with Crippen LogP contribution in [0.1, 0.15) is 12.0 Å². The number of rotatable bonds is 5. The second-order valence-electron chi connectivity index (χ2n) is 6.05. The Balaban J connectivity index is 0.00000264. The van der Waals surface area contributed by atoms with Gasteiger partial charge in [0.15, 0.2) is 5.96 Å². The Bertz CT molecular complexity index is 492. The minimum Gasteiger partial charge on any atom is -0.497 e. The number of hydrogen-bond acceptors (Lipinski definition) is 3. The zero-order valence-corrected chi connectivity index (χ0v) is 16.9. The summed E-state index contributed by atoms with van der Waals surface area (Å²) in [6, 6.07) is 8.17. The molecule has 1 heterocycles. The van der Waals surface area contributed by atoms with Crippen LogP contribution in [0.2, 0.25) is 0 Å². The summed E-state index contributed by atoms with van der Waals surface area (Å²) in [6.07, 6.45) is 1.27. The molecule has 0 aliphatic carbocycles.